The highest BCUT2D eigenvalue weighted by molar-refractivity contribution is 7.89. The van der Waals surface area contributed by atoms with Gasteiger partial charge >= 0.3 is 0 Å². The van der Waals surface area contributed by atoms with E-state index in [1.165, 1.54) is 12.1 Å². The molecule has 0 atom stereocenters. The molecular weight excluding hydrogens is 343 g/mol. The molecule has 0 unspecified atom stereocenters. The number of carbonyl (C=O) groups is 2. The molecule has 0 heterocycles. The fraction of sp³-hybridized carbons (Fsp3) is 0.200. The summed E-state index contributed by atoms with van der Waals surface area (Å²) in [4.78, 5) is 21.5. The van der Waals surface area contributed by atoms with E-state index in [0.29, 0.717) is 4.31 Å². The second-order valence-electron chi connectivity index (χ2n) is 4.01. The van der Waals surface area contributed by atoms with E-state index in [-0.39, 0.29) is 15.7 Å². The summed E-state index contributed by atoms with van der Waals surface area (Å²) >= 11 is 11.5. The van der Waals surface area contributed by atoms with Crippen LogP contribution < -0.4 is 17.2 Å². The first-order chi connectivity index (χ1) is 9.55. The molecule has 0 aliphatic carbocycles. The van der Waals surface area contributed by atoms with Gasteiger partial charge in [0.05, 0.1) is 23.8 Å². The van der Waals surface area contributed by atoms with Gasteiger partial charge in [0, 0.05) is 5.02 Å². The molecule has 2 amide bonds. The Balaban J connectivity index is 3.42. The number of nitrogens with two attached hydrogens (primary N) is 3. The number of rotatable bonds is 6. The van der Waals surface area contributed by atoms with Crippen molar-refractivity contribution in [3.8, 4) is 0 Å². The summed E-state index contributed by atoms with van der Waals surface area (Å²) in [7, 11) is -4.35. The van der Waals surface area contributed by atoms with Gasteiger partial charge < -0.3 is 17.2 Å². The van der Waals surface area contributed by atoms with Gasteiger partial charge in [0.1, 0.15) is 4.90 Å². The van der Waals surface area contributed by atoms with E-state index in [4.69, 9.17) is 40.4 Å². The van der Waals surface area contributed by atoms with Crippen LogP contribution in [0, 0.1) is 0 Å². The molecule has 11 heteroatoms. The van der Waals surface area contributed by atoms with Crippen molar-refractivity contribution in [1.82, 2.24) is 4.31 Å². The molecule has 0 saturated heterocycles. The Morgan fingerprint density at radius 3 is 1.95 bits per heavy atom. The molecule has 0 saturated carbocycles. The van der Waals surface area contributed by atoms with Crippen molar-refractivity contribution < 1.29 is 18.0 Å². The third-order valence-electron chi connectivity index (χ3n) is 2.30. The number of nitrogen functional groups attached to an aromatic ring is 1. The Labute approximate surface area is 130 Å². The number of benzene rings is 1. The minimum atomic E-state index is -4.35. The van der Waals surface area contributed by atoms with E-state index in [1.54, 1.807) is 0 Å². The summed E-state index contributed by atoms with van der Waals surface area (Å²) < 4.78 is 25.4. The Morgan fingerprint density at radius 1 is 1.10 bits per heavy atom. The second-order valence-corrected chi connectivity index (χ2v) is 6.73. The third-order valence-corrected chi connectivity index (χ3v) is 4.84. The van der Waals surface area contributed by atoms with E-state index >= 15 is 0 Å². The fourth-order valence-electron chi connectivity index (χ4n) is 1.55. The molecule has 0 aliphatic heterocycles. The van der Waals surface area contributed by atoms with E-state index in [9.17, 15) is 18.0 Å². The van der Waals surface area contributed by atoms with Gasteiger partial charge in [-0.25, -0.2) is 8.42 Å². The summed E-state index contributed by atoms with van der Waals surface area (Å²) in [5.41, 5.74) is 15.3. The van der Waals surface area contributed by atoms with Gasteiger partial charge in [-0.1, -0.05) is 23.2 Å². The van der Waals surface area contributed by atoms with Crippen LogP contribution in [0.3, 0.4) is 0 Å². The molecule has 0 radical (unpaired) electrons. The highest BCUT2D eigenvalue weighted by Gasteiger charge is 2.31. The molecular formula is C10H12Cl2N4O4S. The standard InChI is InChI=1S/C10H12Cl2N4O4S/c11-5-1-6(12)10(7(13)2-5)21(19,20)16(3-8(14)17)4-9(15)18/h1-2H,3-4,13H2,(H2,14,17)(H2,15,18). The zero-order valence-corrected chi connectivity index (χ0v) is 12.9. The van der Waals surface area contributed by atoms with Crippen LogP contribution in [0.1, 0.15) is 0 Å². The average molecular weight is 355 g/mol. The third kappa shape index (κ3) is 4.21. The number of carbonyl (C=O) groups excluding carboxylic acids is 2. The van der Waals surface area contributed by atoms with Crippen LogP contribution in [0.15, 0.2) is 17.0 Å². The van der Waals surface area contributed by atoms with Gasteiger partial charge in [0.25, 0.3) is 0 Å². The summed E-state index contributed by atoms with van der Waals surface area (Å²) in [5, 5.41) is -0.119. The molecule has 0 spiro atoms. The number of hydrogen-bond acceptors (Lipinski definition) is 5. The highest BCUT2D eigenvalue weighted by atomic mass is 35.5. The number of halogens is 2. The van der Waals surface area contributed by atoms with Crippen LogP contribution in [0.25, 0.3) is 0 Å². The van der Waals surface area contributed by atoms with Gasteiger partial charge in [0.15, 0.2) is 0 Å². The predicted octanol–water partition coefficient (Wildman–Crippen LogP) is -0.463. The lowest BCUT2D eigenvalue weighted by Crippen LogP contribution is -2.43. The van der Waals surface area contributed by atoms with Crippen molar-refractivity contribution in [3.05, 3.63) is 22.2 Å². The van der Waals surface area contributed by atoms with Gasteiger partial charge in [-0.15, -0.1) is 0 Å². The SMILES string of the molecule is NC(=O)CN(CC(N)=O)S(=O)(=O)c1c(N)cc(Cl)cc1Cl. The average Bonchev–Trinajstić information content (AvgIpc) is 2.24. The number of anilines is 1. The topological polar surface area (TPSA) is 150 Å². The number of sulfonamides is 1. The minimum Gasteiger partial charge on any atom is -0.398 e. The minimum absolute atomic E-state index is 0.132. The maximum absolute atomic E-state index is 12.5. The lowest BCUT2D eigenvalue weighted by atomic mass is 10.3. The smallest absolute Gasteiger partial charge is 0.247 e. The summed E-state index contributed by atoms with van der Waals surface area (Å²) in [6.45, 7) is -1.49. The number of hydrogen-bond donors (Lipinski definition) is 3. The number of primary amides is 2. The van der Waals surface area contributed by atoms with Crippen molar-refractivity contribution in [2.75, 3.05) is 18.8 Å². The molecule has 0 fully saturated rings. The molecule has 0 bridgehead atoms. The normalized spacial score (nSPS) is 11.6. The Bertz CT molecular complexity index is 653. The van der Waals surface area contributed by atoms with Crippen LogP contribution in [0.2, 0.25) is 10.0 Å². The molecule has 21 heavy (non-hydrogen) atoms. The van der Waals surface area contributed by atoms with E-state index < -0.39 is 39.8 Å². The lowest BCUT2D eigenvalue weighted by Gasteiger charge is -2.21. The van der Waals surface area contributed by atoms with E-state index in [0.717, 1.165) is 0 Å². The van der Waals surface area contributed by atoms with Gasteiger partial charge in [-0.2, -0.15) is 4.31 Å². The van der Waals surface area contributed by atoms with Crippen molar-refractivity contribution in [1.29, 1.82) is 0 Å². The van der Waals surface area contributed by atoms with E-state index in [2.05, 4.69) is 0 Å². The largest absolute Gasteiger partial charge is 0.398 e. The van der Waals surface area contributed by atoms with Gasteiger partial charge in [0.2, 0.25) is 21.8 Å². The van der Waals surface area contributed by atoms with Crippen molar-refractivity contribution in [3.63, 3.8) is 0 Å². The van der Waals surface area contributed by atoms with Crippen LogP contribution >= 0.6 is 23.2 Å². The predicted molar refractivity (Wildman–Crippen MR) is 78.0 cm³/mol. The molecule has 1 aromatic carbocycles. The van der Waals surface area contributed by atoms with Crippen molar-refractivity contribution >= 4 is 50.7 Å². The Hall–Kier alpha value is -1.55. The van der Waals surface area contributed by atoms with E-state index in [1.807, 2.05) is 0 Å². The first-order valence-electron chi connectivity index (χ1n) is 5.37. The monoisotopic (exact) mass is 354 g/mol. The lowest BCUT2D eigenvalue weighted by molar-refractivity contribution is -0.120. The number of amides is 2. The summed E-state index contributed by atoms with van der Waals surface area (Å²) in [5.74, 6) is -1.94. The fourth-order valence-corrected chi connectivity index (χ4v) is 3.87. The molecule has 6 N–H and O–H groups in total. The molecule has 8 nitrogen and oxygen atoms in total. The summed E-state index contributed by atoms with van der Waals surface area (Å²) in [6, 6.07) is 2.34. The Morgan fingerprint density at radius 2 is 1.57 bits per heavy atom. The van der Waals surface area contributed by atoms with Crippen LogP contribution in [-0.4, -0.2) is 37.6 Å². The maximum atomic E-state index is 12.5. The Kier molecular flexibility index (Phi) is 5.40. The molecule has 116 valence electrons. The second kappa shape index (κ2) is 6.48. The maximum Gasteiger partial charge on any atom is 0.247 e. The number of nitrogens with zero attached hydrogens (tertiary/aromatic N) is 1. The van der Waals surface area contributed by atoms with Crippen LogP contribution in [0.5, 0.6) is 0 Å². The zero-order chi connectivity index (χ0) is 16.4. The van der Waals surface area contributed by atoms with Gasteiger partial charge in [-0.05, 0) is 12.1 Å². The van der Waals surface area contributed by atoms with Crippen LogP contribution in [0.4, 0.5) is 5.69 Å². The van der Waals surface area contributed by atoms with Gasteiger partial charge in [-0.3, -0.25) is 9.59 Å². The van der Waals surface area contributed by atoms with Crippen LogP contribution in [-0.2, 0) is 19.6 Å². The first-order valence-corrected chi connectivity index (χ1v) is 7.56. The van der Waals surface area contributed by atoms with Crippen molar-refractivity contribution in [2.45, 2.75) is 4.90 Å². The summed E-state index contributed by atoms with van der Waals surface area (Å²) in [6.07, 6.45) is 0. The molecule has 0 aliphatic rings. The molecule has 1 rings (SSSR count). The first kappa shape index (κ1) is 17.5. The van der Waals surface area contributed by atoms with Crippen molar-refractivity contribution in [2.24, 2.45) is 11.5 Å². The molecule has 0 aromatic heterocycles. The zero-order valence-electron chi connectivity index (χ0n) is 10.5. The quantitative estimate of drug-likeness (QED) is 0.590. The highest BCUT2D eigenvalue weighted by Crippen LogP contribution is 2.33. The molecule has 1 aromatic rings.